The highest BCUT2D eigenvalue weighted by Gasteiger charge is 2.51. The van der Waals surface area contributed by atoms with Gasteiger partial charge in [0.25, 0.3) is 0 Å². The van der Waals surface area contributed by atoms with Crippen LogP contribution in [-0.4, -0.2) is 35.4 Å². The highest BCUT2D eigenvalue weighted by molar-refractivity contribution is 7.99. The smallest absolute Gasteiger partial charge is 0.327 e. The van der Waals surface area contributed by atoms with E-state index >= 15 is 0 Å². The molecule has 20 heavy (non-hydrogen) atoms. The Morgan fingerprint density at radius 3 is 2.85 bits per heavy atom. The summed E-state index contributed by atoms with van der Waals surface area (Å²) in [6.45, 7) is 5.07. The van der Waals surface area contributed by atoms with Crippen molar-refractivity contribution in [3.63, 3.8) is 0 Å². The molecule has 1 unspecified atom stereocenters. The Labute approximate surface area is 124 Å². The number of nitrogens with one attached hydrogen (secondary N) is 1. The lowest BCUT2D eigenvalue weighted by atomic mass is 9.95. The van der Waals surface area contributed by atoms with Crippen LogP contribution in [0.2, 0.25) is 0 Å². The number of hydrogen-bond acceptors (Lipinski definition) is 5. The quantitative estimate of drug-likeness (QED) is 0.590. The van der Waals surface area contributed by atoms with Gasteiger partial charge in [-0.1, -0.05) is 13.0 Å². The minimum atomic E-state index is -0.563. The monoisotopic (exact) mass is 294 g/mol. The summed E-state index contributed by atoms with van der Waals surface area (Å²) >= 11 is 1.62. The van der Waals surface area contributed by atoms with Crippen molar-refractivity contribution in [2.45, 2.75) is 37.3 Å². The Morgan fingerprint density at radius 1 is 1.50 bits per heavy atom. The van der Waals surface area contributed by atoms with E-state index < -0.39 is 5.54 Å². The molecular formula is C15H22N2O2S. The molecule has 110 valence electrons. The van der Waals surface area contributed by atoms with Gasteiger partial charge in [-0.05, 0) is 44.4 Å². The molecule has 0 radical (unpaired) electrons. The second kappa shape index (κ2) is 7.09. The Balaban J connectivity index is 2.10. The first-order valence-electron chi connectivity index (χ1n) is 7.19. The topological polar surface area (TPSA) is 51.2 Å². The average molecular weight is 294 g/mol. The molecule has 1 aliphatic rings. The van der Waals surface area contributed by atoms with Crippen LogP contribution in [0.4, 0.5) is 0 Å². The number of nitrogens with zero attached hydrogens (tertiary/aromatic N) is 1. The fourth-order valence-electron chi connectivity index (χ4n) is 2.38. The van der Waals surface area contributed by atoms with Gasteiger partial charge in [-0.3, -0.25) is 4.79 Å². The maximum atomic E-state index is 12.4. The van der Waals surface area contributed by atoms with Crippen LogP contribution in [0.5, 0.6) is 0 Å². The van der Waals surface area contributed by atoms with Crippen LogP contribution < -0.4 is 5.32 Å². The largest absolute Gasteiger partial charge is 0.465 e. The summed E-state index contributed by atoms with van der Waals surface area (Å²) in [6, 6.07) is 5.83. The molecule has 1 aromatic rings. The number of likely N-dealkylation sites (N-methyl/N-ethyl adjacent to an activating group) is 1. The van der Waals surface area contributed by atoms with Gasteiger partial charge in [-0.2, -0.15) is 0 Å². The van der Waals surface area contributed by atoms with E-state index in [1.807, 2.05) is 32.0 Å². The standard InChI is InChI=1S/C15H22N2O2S/c1-3-17-15(12-8-9-12,14(18)19-4-2)11-20-13-7-5-6-10-16-13/h5-7,10,12,17H,3-4,8-9,11H2,1-2H3. The number of carbonyl (C=O) groups is 1. The summed E-state index contributed by atoms with van der Waals surface area (Å²) in [5.41, 5.74) is -0.563. The number of carbonyl (C=O) groups excluding carboxylic acids is 1. The second-order valence-electron chi connectivity index (χ2n) is 4.95. The van der Waals surface area contributed by atoms with Crippen molar-refractivity contribution in [2.75, 3.05) is 18.9 Å². The predicted octanol–water partition coefficient (Wildman–Crippen LogP) is 2.50. The number of ether oxygens (including phenoxy) is 1. The summed E-state index contributed by atoms with van der Waals surface area (Å²) in [6.07, 6.45) is 3.96. The molecule has 1 aliphatic carbocycles. The van der Waals surface area contributed by atoms with Crippen molar-refractivity contribution in [1.29, 1.82) is 0 Å². The van der Waals surface area contributed by atoms with Crippen LogP contribution in [0.1, 0.15) is 26.7 Å². The molecule has 0 bridgehead atoms. The van der Waals surface area contributed by atoms with Gasteiger partial charge >= 0.3 is 5.97 Å². The average Bonchev–Trinajstić information content (AvgIpc) is 3.30. The molecule has 1 saturated carbocycles. The van der Waals surface area contributed by atoms with Gasteiger partial charge < -0.3 is 10.1 Å². The molecule has 1 N–H and O–H groups in total. The molecule has 0 aliphatic heterocycles. The number of thioether (sulfide) groups is 1. The summed E-state index contributed by atoms with van der Waals surface area (Å²) < 4.78 is 5.31. The number of hydrogen-bond donors (Lipinski definition) is 1. The molecule has 0 aromatic carbocycles. The van der Waals surface area contributed by atoms with Gasteiger partial charge in [0.1, 0.15) is 5.54 Å². The van der Waals surface area contributed by atoms with Crippen molar-refractivity contribution in [1.82, 2.24) is 10.3 Å². The van der Waals surface area contributed by atoms with E-state index in [4.69, 9.17) is 4.74 Å². The van der Waals surface area contributed by atoms with Crippen molar-refractivity contribution >= 4 is 17.7 Å². The normalized spacial score (nSPS) is 17.5. The Morgan fingerprint density at radius 2 is 2.30 bits per heavy atom. The van der Waals surface area contributed by atoms with Crippen molar-refractivity contribution in [3.8, 4) is 0 Å². The first-order valence-corrected chi connectivity index (χ1v) is 8.17. The third kappa shape index (κ3) is 3.52. The molecule has 4 nitrogen and oxygen atoms in total. The van der Waals surface area contributed by atoms with Crippen molar-refractivity contribution in [3.05, 3.63) is 24.4 Å². The SMILES string of the molecule is CCNC(CSc1ccccn1)(C(=O)OCC)C1CC1. The molecule has 0 amide bonds. The molecule has 2 rings (SSSR count). The van der Waals surface area contributed by atoms with Crippen LogP contribution in [0.25, 0.3) is 0 Å². The summed E-state index contributed by atoms with van der Waals surface area (Å²) in [5.74, 6) is 0.937. The van der Waals surface area contributed by atoms with E-state index in [2.05, 4.69) is 10.3 Å². The van der Waals surface area contributed by atoms with Gasteiger partial charge in [-0.15, -0.1) is 11.8 Å². The maximum absolute atomic E-state index is 12.4. The van der Waals surface area contributed by atoms with Crippen LogP contribution in [0.3, 0.4) is 0 Å². The Bertz CT molecular complexity index is 437. The minimum Gasteiger partial charge on any atom is -0.465 e. The lowest BCUT2D eigenvalue weighted by molar-refractivity contribution is -0.151. The Hall–Kier alpha value is -1.07. The Kier molecular flexibility index (Phi) is 5.43. The van der Waals surface area contributed by atoms with E-state index in [0.29, 0.717) is 18.3 Å². The van der Waals surface area contributed by atoms with E-state index in [-0.39, 0.29) is 5.97 Å². The lowest BCUT2D eigenvalue weighted by Crippen LogP contribution is -2.57. The van der Waals surface area contributed by atoms with Gasteiger partial charge in [-0.25, -0.2) is 4.98 Å². The fraction of sp³-hybridized carbons (Fsp3) is 0.600. The summed E-state index contributed by atoms with van der Waals surface area (Å²) in [4.78, 5) is 16.7. The predicted molar refractivity (Wildman–Crippen MR) is 80.7 cm³/mol. The molecular weight excluding hydrogens is 272 g/mol. The zero-order valence-corrected chi connectivity index (χ0v) is 12.9. The van der Waals surface area contributed by atoms with Crippen LogP contribution in [0, 0.1) is 5.92 Å². The summed E-state index contributed by atoms with van der Waals surface area (Å²) in [7, 11) is 0. The number of pyridine rings is 1. The van der Waals surface area contributed by atoms with Crippen LogP contribution in [0.15, 0.2) is 29.4 Å². The van der Waals surface area contributed by atoms with E-state index in [9.17, 15) is 4.79 Å². The van der Waals surface area contributed by atoms with Crippen LogP contribution >= 0.6 is 11.8 Å². The first-order chi connectivity index (χ1) is 9.73. The zero-order chi connectivity index (χ0) is 14.4. The van der Waals surface area contributed by atoms with Gasteiger partial charge in [0.15, 0.2) is 0 Å². The molecule has 1 heterocycles. The maximum Gasteiger partial charge on any atom is 0.327 e. The van der Waals surface area contributed by atoms with E-state index in [0.717, 1.165) is 24.4 Å². The van der Waals surface area contributed by atoms with Crippen molar-refractivity contribution < 1.29 is 9.53 Å². The third-order valence-corrected chi connectivity index (χ3v) is 4.63. The number of esters is 1. The summed E-state index contributed by atoms with van der Waals surface area (Å²) in [5, 5.41) is 4.33. The molecule has 1 atom stereocenters. The first kappa shape index (κ1) is 15.3. The molecule has 1 aromatic heterocycles. The van der Waals surface area contributed by atoms with E-state index in [1.54, 1.807) is 18.0 Å². The lowest BCUT2D eigenvalue weighted by Gasteiger charge is -2.32. The number of aromatic nitrogens is 1. The highest BCUT2D eigenvalue weighted by atomic mass is 32.2. The van der Waals surface area contributed by atoms with Crippen LogP contribution in [-0.2, 0) is 9.53 Å². The molecule has 1 fully saturated rings. The van der Waals surface area contributed by atoms with Gasteiger partial charge in [0.05, 0.1) is 11.6 Å². The molecule has 0 spiro atoms. The minimum absolute atomic E-state index is 0.118. The third-order valence-electron chi connectivity index (χ3n) is 3.49. The zero-order valence-electron chi connectivity index (χ0n) is 12.1. The number of rotatable bonds is 8. The second-order valence-corrected chi connectivity index (χ2v) is 5.95. The fourth-order valence-corrected chi connectivity index (χ4v) is 3.52. The van der Waals surface area contributed by atoms with Gasteiger partial charge in [0, 0.05) is 11.9 Å². The highest BCUT2D eigenvalue weighted by Crippen LogP contribution is 2.43. The van der Waals surface area contributed by atoms with E-state index in [1.165, 1.54) is 0 Å². The molecule has 0 saturated heterocycles. The van der Waals surface area contributed by atoms with Gasteiger partial charge in [0.2, 0.25) is 0 Å². The van der Waals surface area contributed by atoms with Crippen molar-refractivity contribution in [2.24, 2.45) is 5.92 Å². The molecule has 5 heteroatoms.